The first-order valence-electron chi connectivity index (χ1n) is 10.3. The van der Waals surface area contributed by atoms with Crippen molar-refractivity contribution in [3.63, 3.8) is 0 Å². The number of amides is 3. The van der Waals surface area contributed by atoms with Crippen LogP contribution >= 0.6 is 0 Å². The molecule has 1 aromatic carbocycles. The molecule has 2 N–H and O–H groups in total. The number of methoxy groups -OCH3 is 1. The molecule has 31 heavy (non-hydrogen) atoms. The highest BCUT2D eigenvalue weighted by molar-refractivity contribution is 5.89. The van der Waals surface area contributed by atoms with E-state index in [1.54, 1.807) is 31.1 Å². The van der Waals surface area contributed by atoms with Crippen LogP contribution in [0.1, 0.15) is 25.3 Å². The van der Waals surface area contributed by atoms with Crippen molar-refractivity contribution in [3.05, 3.63) is 42.1 Å². The molecule has 1 aliphatic heterocycles. The first-order valence-corrected chi connectivity index (χ1v) is 10.3. The third kappa shape index (κ3) is 6.24. The summed E-state index contributed by atoms with van der Waals surface area (Å²) < 4.78 is 16.1. The number of hydrogen-bond acceptors (Lipinski definition) is 6. The number of nitrogens with zero attached hydrogens (tertiary/aromatic N) is 2. The smallest absolute Gasteiger partial charge is 0.409 e. The van der Waals surface area contributed by atoms with Gasteiger partial charge in [0.25, 0.3) is 0 Å². The molecular formula is C22H28N4O5. The summed E-state index contributed by atoms with van der Waals surface area (Å²) in [4.78, 5) is 29.9. The fraction of sp³-hybridized carbons (Fsp3) is 0.409. The lowest BCUT2D eigenvalue weighted by atomic mass is 10.1. The van der Waals surface area contributed by atoms with E-state index in [0.717, 1.165) is 5.56 Å². The Hall–Kier alpha value is -3.49. The summed E-state index contributed by atoms with van der Waals surface area (Å²) >= 11 is 0. The van der Waals surface area contributed by atoms with Gasteiger partial charge in [-0.1, -0.05) is 6.07 Å². The Labute approximate surface area is 181 Å². The van der Waals surface area contributed by atoms with Crippen LogP contribution in [-0.4, -0.2) is 54.9 Å². The van der Waals surface area contributed by atoms with E-state index in [4.69, 9.17) is 14.2 Å². The number of piperidine rings is 1. The molecule has 1 aliphatic rings. The van der Waals surface area contributed by atoms with Gasteiger partial charge in [0, 0.05) is 25.2 Å². The van der Waals surface area contributed by atoms with Gasteiger partial charge in [0.2, 0.25) is 5.88 Å². The van der Waals surface area contributed by atoms with Crippen LogP contribution in [0.25, 0.3) is 0 Å². The number of anilines is 1. The number of hydrogen-bond donors (Lipinski definition) is 2. The molecule has 0 bridgehead atoms. The lowest BCUT2D eigenvalue weighted by Gasteiger charge is -2.31. The Balaban J connectivity index is 1.48. The summed E-state index contributed by atoms with van der Waals surface area (Å²) in [6.07, 6.45) is 2.58. The number of aryl methyl sites for hydroxylation is 1. The molecule has 1 aromatic heterocycles. The number of rotatable bonds is 6. The predicted octanol–water partition coefficient (Wildman–Crippen LogP) is 3.93. The van der Waals surface area contributed by atoms with Crippen molar-refractivity contribution in [2.45, 2.75) is 32.7 Å². The molecule has 0 unspecified atom stereocenters. The topological polar surface area (TPSA) is 102 Å². The lowest BCUT2D eigenvalue weighted by molar-refractivity contribution is 0.0959. The molecule has 3 rings (SSSR count). The van der Waals surface area contributed by atoms with Gasteiger partial charge in [-0.15, -0.1) is 0 Å². The fourth-order valence-electron chi connectivity index (χ4n) is 3.26. The summed E-state index contributed by atoms with van der Waals surface area (Å²) in [5, 5.41) is 5.70. The average molecular weight is 428 g/mol. The van der Waals surface area contributed by atoms with E-state index >= 15 is 0 Å². The van der Waals surface area contributed by atoms with Crippen LogP contribution in [0, 0.1) is 6.92 Å². The summed E-state index contributed by atoms with van der Waals surface area (Å²) in [6.45, 7) is 5.22. The number of carbonyl (C=O) groups is 2. The maximum absolute atomic E-state index is 12.3. The molecule has 166 valence electrons. The van der Waals surface area contributed by atoms with Crippen LogP contribution in [0.5, 0.6) is 17.4 Å². The zero-order valence-corrected chi connectivity index (χ0v) is 18.0. The van der Waals surface area contributed by atoms with Gasteiger partial charge in [-0.25, -0.2) is 14.6 Å². The van der Waals surface area contributed by atoms with Crippen LogP contribution in [0.4, 0.5) is 15.3 Å². The van der Waals surface area contributed by atoms with Crippen molar-refractivity contribution in [2.75, 3.05) is 32.1 Å². The van der Waals surface area contributed by atoms with Gasteiger partial charge in [-0.05, 0) is 50.5 Å². The third-order valence-electron chi connectivity index (χ3n) is 4.88. The van der Waals surface area contributed by atoms with Gasteiger partial charge in [0.05, 0.1) is 25.6 Å². The summed E-state index contributed by atoms with van der Waals surface area (Å²) in [7, 11) is 1.58. The van der Waals surface area contributed by atoms with Crippen LogP contribution in [0.15, 0.2) is 36.5 Å². The Bertz CT molecular complexity index is 895. The Morgan fingerprint density at radius 3 is 2.58 bits per heavy atom. The molecule has 3 amide bonds. The highest BCUT2D eigenvalue weighted by Gasteiger charge is 2.24. The van der Waals surface area contributed by atoms with Crippen molar-refractivity contribution in [3.8, 4) is 17.4 Å². The Morgan fingerprint density at radius 1 is 1.16 bits per heavy atom. The number of nitrogens with one attached hydrogen (secondary N) is 2. The summed E-state index contributed by atoms with van der Waals surface area (Å²) in [5.41, 5.74) is 1.61. The fourth-order valence-corrected chi connectivity index (χ4v) is 3.26. The van der Waals surface area contributed by atoms with Crippen molar-refractivity contribution in [1.82, 2.24) is 15.2 Å². The highest BCUT2D eigenvalue weighted by atomic mass is 16.6. The quantitative estimate of drug-likeness (QED) is 0.723. The molecule has 0 saturated carbocycles. The molecule has 0 aliphatic carbocycles. The number of aromatic nitrogens is 1. The van der Waals surface area contributed by atoms with Gasteiger partial charge in [0.15, 0.2) is 11.5 Å². The standard InChI is InChI=1S/C22H28N4O5/c1-4-30-22(28)26-11-9-16(10-12-26)24-21(27)25-17-6-8-20(23-14-17)31-18-7-5-15(2)13-19(18)29-3/h5-8,13-14,16H,4,9-12H2,1-3H3,(H2,24,25,27). The molecule has 9 nitrogen and oxygen atoms in total. The molecule has 0 spiro atoms. The zero-order valence-electron chi connectivity index (χ0n) is 18.0. The van der Waals surface area contributed by atoms with E-state index in [9.17, 15) is 9.59 Å². The zero-order chi connectivity index (χ0) is 22.2. The highest BCUT2D eigenvalue weighted by Crippen LogP contribution is 2.31. The van der Waals surface area contributed by atoms with Gasteiger partial charge in [0.1, 0.15) is 0 Å². The minimum absolute atomic E-state index is 0.00440. The van der Waals surface area contributed by atoms with Gasteiger partial charge < -0.3 is 29.7 Å². The van der Waals surface area contributed by atoms with E-state index in [1.165, 1.54) is 6.20 Å². The maximum Gasteiger partial charge on any atom is 0.409 e. The molecular weight excluding hydrogens is 400 g/mol. The number of urea groups is 1. The molecule has 0 radical (unpaired) electrons. The van der Waals surface area contributed by atoms with Crippen LogP contribution in [-0.2, 0) is 4.74 Å². The first kappa shape index (κ1) is 22.2. The van der Waals surface area contributed by atoms with Crippen molar-refractivity contribution < 1.29 is 23.8 Å². The Kier molecular flexibility index (Phi) is 7.53. The first-order chi connectivity index (χ1) is 15.0. The van der Waals surface area contributed by atoms with E-state index in [0.29, 0.717) is 55.6 Å². The second kappa shape index (κ2) is 10.5. The molecule has 2 aromatic rings. The number of likely N-dealkylation sites (tertiary alicyclic amines) is 1. The molecule has 1 saturated heterocycles. The van der Waals surface area contributed by atoms with Crippen molar-refractivity contribution in [1.29, 1.82) is 0 Å². The number of carbonyl (C=O) groups excluding carboxylic acids is 2. The van der Waals surface area contributed by atoms with E-state index < -0.39 is 0 Å². The third-order valence-corrected chi connectivity index (χ3v) is 4.88. The number of ether oxygens (including phenoxy) is 3. The SMILES string of the molecule is CCOC(=O)N1CCC(NC(=O)Nc2ccc(Oc3ccc(C)cc3OC)nc2)CC1. The van der Waals surface area contributed by atoms with E-state index in [1.807, 2.05) is 25.1 Å². The lowest BCUT2D eigenvalue weighted by Crippen LogP contribution is -2.47. The molecule has 0 atom stereocenters. The van der Waals surface area contributed by atoms with Crippen molar-refractivity contribution >= 4 is 17.8 Å². The predicted molar refractivity (Wildman–Crippen MR) is 116 cm³/mol. The van der Waals surface area contributed by atoms with Gasteiger partial charge in [-0.3, -0.25) is 0 Å². The number of benzene rings is 1. The van der Waals surface area contributed by atoms with Crippen LogP contribution in [0.3, 0.4) is 0 Å². The van der Waals surface area contributed by atoms with Gasteiger partial charge in [-0.2, -0.15) is 0 Å². The normalized spacial score (nSPS) is 14.0. The minimum Gasteiger partial charge on any atom is -0.493 e. The van der Waals surface area contributed by atoms with E-state index in [-0.39, 0.29) is 18.2 Å². The average Bonchev–Trinajstić information content (AvgIpc) is 2.77. The summed E-state index contributed by atoms with van der Waals surface area (Å²) in [6, 6.07) is 8.70. The molecule has 2 heterocycles. The summed E-state index contributed by atoms with van der Waals surface area (Å²) in [5.74, 6) is 1.57. The maximum atomic E-state index is 12.3. The molecule has 1 fully saturated rings. The Morgan fingerprint density at radius 2 is 1.94 bits per heavy atom. The van der Waals surface area contributed by atoms with Crippen LogP contribution in [0.2, 0.25) is 0 Å². The largest absolute Gasteiger partial charge is 0.493 e. The minimum atomic E-state index is -0.315. The monoisotopic (exact) mass is 428 g/mol. The second-order valence-corrected chi connectivity index (χ2v) is 7.20. The van der Waals surface area contributed by atoms with Crippen molar-refractivity contribution in [2.24, 2.45) is 0 Å². The second-order valence-electron chi connectivity index (χ2n) is 7.20. The number of pyridine rings is 1. The molecule has 9 heteroatoms. The van der Waals surface area contributed by atoms with Crippen LogP contribution < -0.4 is 20.1 Å². The van der Waals surface area contributed by atoms with E-state index in [2.05, 4.69) is 15.6 Å². The van der Waals surface area contributed by atoms with Gasteiger partial charge >= 0.3 is 12.1 Å².